The van der Waals surface area contributed by atoms with Crippen molar-refractivity contribution in [3.05, 3.63) is 63.6 Å². The molecular weight excluding hydrogens is 336 g/mol. The molecule has 0 amide bonds. The molecule has 1 atom stereocenters. The third-order valence-electron chi connectivity index (χ3n) is 3.25. The quantitative estimate of drug-likeness (QED) is 0.832. The lowest BCUT2D eigenvalue weighted by Gasteiger charge is -2.31. The first kappa shape index (κ1) is 15.4. The predicted molar refractivity (Wildman–Crippen MR) is 90.4 cm³/mol. The molecule has 2 aromatic carbocycles. The van der Waals surface area contributed by atoms with Gasteiger partial charge in [-0.15, -0.1) is 0 Å². The van der Waals surface area contributed by atoms with Gasteiger partial charge in [-0.2, -0.15) is 0 Å². The topological polar surface area (TPSA) is 38.0 Å². The second-order valence-corrected chi connectivity index (χ2v) is 6.44. The molecule has 106 valence electrons. The molecule has 0 aromatic heterocycles. The monoisotopic (exact) mass is 352 g/mol. The Bertz CT molecular complexity index is 574. The van der Waals surface area contributed by atoms with Crippen LogP contribution in [-0.2, 0) is 6.42 Å². The molecule has 0 heterocycles. The smallest absolute Gasteiger partial charge is 0.0549 e. The molecule has 4 heteroatoms. The molecule has 3 N–H and O–H groups in total. The van der Waals surface area contributed by atoms with E-state index in [-0.39, 0.29) is 5.54 Å². The van der Waals surface area contributed by atoms with Crippen LogP contribution in [-0.4, -0.2) is 12.1 Å². The average molecular weight is 354 g/mol. The number of hydrogen-bond acceptors (Lipinski definition) is 2. The molecule has 0 saturated heterocycles. The second kappa shape index (κ2) is 6.61. The van der Waals surface area contributed by atoms with Gasteiger partial charge in [0.1, 0.15) is 0 Å². The zero-order valence-electron chi connectivity index (χ0n) is 11.4. The molecule has 0 aliphatic carbocycles. The highest BCUT2D eigenvalue weighted by atomic mass is 79.9. The molecule has 0 fully saturated rings. The van der Waals surface area contributed by atoms with Crippen LogP contribution < -0.4 is 11.1 Å². The van der Waals surface area contributed by atoms with E-state index in [0.29, 0.717) is 11.6 Å². The van der Waals surface area contributed by atoms with E-state index >= 15 is 0 Å². The van der Waals surface area contributed by atoms with E-state index in [1.807, 2.05) is 36.4 Å². The molecule has 0 radical (unpaired) electrons. The largest absolute Gasteiger partial charge is 0.378 e. The standard InChI is InChI=1S/C16H18BrClN2/c1-16(11-19,10-12-5-3-2-4-6-12)20-13-7-8-15(18)14(17)9-13/h2-9,20H,10-11,19H2,1H3. The normalized spacial score (nSPS) is 13.8. The van der Waals surface area contributed by atoms with Crippen LogP contribution in [0.25, 0.3) is 0 Å². The summed E-state index contributed by atoms with van der Waals surface area (Å²) in [6.07, 6.45) is 0.866. The van der Waals surface area contributed by atoms with E-state index in [9.17, 15) is 0 Å². The zero-order chi connectivity index (χ0) is 14.6. The van der Waals surface area contributed by atoms with Crippen molar-refractivity contribution in [2.24, 2.45) is 5.73 Å². The van der Waals surface area contributed by atoms with Crippen LogP contribution in [0.5, 0.6) is 0 Å². The molecule has 0 spiro atoms. The van der Waals surface area contributed by atoms with Crippen molar-refractivity contribution in [1.82, 2.24) is 0 Å². The lowest BCUT2D eigenvalue weighted by molar-refractivity contribution is 0.521. The maximum atomic E-state index is 6.02. The zero-order valence-corrected chi connectivity index (χ0v) is 13.7. The molecule has 1 unspecified atom stereocenters. The van der Waals surface area contributed by atoms with Crippen LogP contribution in [0.15, 0.2) is 53.0 Å². The third kappa shape index (κ3) is 3.98. The number of nitrogens with one attached hydrogen (secondary N) is 1. The lowest BCUT2D eigenvalue weighted by atomic mass is 9.92. The summed E-state index contributed by atoms with van der Waals surface area (Å²) in [4.78, 5) is 0. The van der Waals surface area contributed by atoms with Crippen molar-refractivity contribution in [2.45, 2.75) is 18.9 Å². The molecule has 2 nitrogen and oxygen atoms in total. The van der Waals surface area contributed by atoms with Crippen LogP contribution >= 0.6 is 27.5 Å². The summed E-state index contributed by atoms with van der Waals surface area (Å²) in [5.74, 6) is 0. The highest BCUT2D eigenvalue weighted by Gasteiger charge is 2.22. The van der Waals surface area contributed by atoms with Crippen LogP contribution in [0.4, 0.5) is 5.69 Å². The summed E-state index contributed by atoms with van der Waals surface area (Å²) in [6.45, 7) is 2.67. The van der Waals surface area contributed by atoms with E-state index in [2.05, 4.69) is 40.3 Å². The Labute approximate surface area is 133 Å². The van der Waals surface area contributed by atoms with Gasteiger partial charge in [-0.25, -0.2) is 0 Å². The summed E-state index contributed by atoms with van der Waals surface area (Å²) in [5.41, 5.74) is 8.04. The van der Waals surface area contributed by atoms with Crippen LogP contribution in [0.3, 0.4) is 0 Å². The fraction of sp³-hybridized carbons (Fsp3) is 0.250. The van der Waals surface area contributed by atoms with E-state index in [1.165, 1.54) is 5.56 Å². The number of rotatable bonds is 5. The Hall–Kier alpha value is -1.03. The highest BCUT2D eigenvalue weighted by Crippen LogP contribution is 2.27. The van der Waals surface area contributed by atoms with Crippen molar-refractivity contribution in [1.29, 1.82) is 0 Å². The Kier molecular flexibility index (Phi) is 5.08. The predicted octanol–water partition coefficient (Wildman–Crippen LogP) is 4.47. The SMILES string of the molecule is CC(CN)(Cc1ccccc1)Nc1ccc(Cl)c(Br)c1. The number of hydrogen-bond donors (Lipinski definition) is 2. The third-order valence-corrected chi connectivity index (χ3v) is 4.47. The van der Waals surface area contributed by atoms with E-state index in [1.54, 1.807) is 0 Å². The lowest BCUT2D eigenvalue weighted by Crippen LogP contribution is -2.44. The van der Waals surface area contributed by atoms with Gasteiger partial charge in [0.05, 0.1) is 10.6 Å². The Morgan fingerprint density at radius 1 is 1.20 bits per heavy atom. The molecular formula is C16H18BrClN2. The Morgan fingerprint density at radius 2 is 1.90 bits per heavy atom. The second-order valence-electron chi connectivity index (χ2n) is 5.18. The van der Waals surface area contributed by atoms with Gasteiger partial charge in [-0.1, -0.05) is 41.9 Å². The van der Waals surface area contributed by atoms with Gasteiger partial charge in [0.25, 0.3) is 0 Å². The fourth-order valence-corrected chi connectivity index (χ4v) is 2.63. The molecule has 0 aliphatic heterocycles. The average Bonchev–Trinajstić information content (AvgIpc) is 2.44. The van der Waals surface area contributed by atoms with Crippen molar-refractivity contribution >= 4 is 33.2 Å². The van der Waals surface area contributed by atoms with Crippen molar-refractivity contribution < 1.29 is 0 Å². The molecule has 0 bridgehead atoms. The van der Waals surface area contributed by atoms with Gasteiger partial charge in [0, 0.05) is 16.7 Å². The maximum absolute atomic E-state index is 6.02. The highest BCUT2D eigenvalue weighted by molar-refractivity contribution is 9.10. The number of anilines is 1. The van der Waals surface area contributed by atoms with Gasteiger partial charge in [0.2, 0.25) is 0 Å². The Morgan fingerprint density at radius 3 is 2.50 bits per heavy atom. The minimum Gasteiger partial charge on any atom is -0.378 e. The molecule has 0 aliphatic rings. The van der Waals surface area contributed by atoms with Gasteiger partial charge >= 0.3 is 0 Å². The summed E-state index contributed by atoms with van der Waals surface area (Å²) in [7, 11) is 0. The van der Waals surface area contributed by atoms with Crippen molar-refractivity contribution in [3.8, 4) is 0 Å². The first-order chi connectivity index (χ1) is 9.52. The first-order valence-electron chi connectivity index (χ1n) is 6.50. The summed E-state index contributed by atoms with van der Waals surface area (Å²) in [6, 6.07) is 16.2. The summed E-state index contributed by atoms with van der Waals surface area (Å²) >= 11 is 9.46. The van der Waals surface area contributed by atoms with Crippen LogP contribution in [0.1, 0.15) is 12.5 Å². The molecule has 20 heavy (non-hydrogen) atoms. The summed E-state index contributed by atoms with van der Waals surface area (Å²) in [5, 5.41) is 4.21. The van der Waals surface area contributed by atoms with Gasteiger partial charge < -0.3 is 11.1 Å². The number of halogens is 2. The van der Waals surface area contributed by atoms with Gasteiger partial charge in [0.15, 0.2) is 0 Å². The van der Waals surface area contributed by atoms with Crippen molar-refractivity contribution in [2.75, 3.05) is 11.9 Å². The van der Waals surface area contributed by atoms with Crippen LogP contribution in [0.2, 0.25) is 5.02 Å². The van der Waals surface area contributed by atoms with Crippen LogP contribution in [0, 0.1) is 0 Å². The first-order valence-corrected chi connectivity index (χ1v) is 7.67. The molecule has 2 aromatic rings. The van der Waals surface area contributed by atoms with Gasteiger partial charge in [-0.05, 0) is 53.0 Å². The van der Waals surface area contributed by atoms with Crippen molar-refractivity contribution in [3.63, 3.8) is 0 Å². The minimum absolute atomic E-state index is 0.200. The maximum Gasteiger partial charge on any atom is 0.0549 e. The van der Waals surface area contributed by atoms with E-state index < -0.39 is 0 Å². The van der Waals surface area contributed by atoms with E-state index in [4.69, 9.17) is 17.3 Å². The summed E-state index contributed by atoms with van der Waals surface area (Å²) < 4.78 is 0.878. The van der Waals surface area contributed by atoms with E-state index in [0.717, 1.165) is 16.6 Å². The molecule has 0 saturated carbocycles. The number of benzene rings is 2. The molecule has 2 rings (SSSR count). The van der Waals surface area contributed by atoms with Gasteiger partial charge in [-0.3, -0.25) is 0 Å². The number of nitrogens with two attached hydrogens (primary N) is 1. The fourth-order valence-electron chi connectivity index (χ4n) is 2.14. The Balaban J connectivity index is 2.16. The minimum atomic E-state index is -0.200.